The zero-order valence-corrected chi connectivity index (χ0v) is 10.8. The van der Waals surface area contributed by atoms with Crippen LogP contribution in [0.4, 0.5) is 4.39 Å². The second-order valence-corrected chi connectivity index (χ2v) is 5.02. The van der Waals surface area contributed by atoms with E-state index in [4.69, 9.17) is 16.7 Å². The molecule has 1 fully saturated rings. The van der Waals surface area contributed by atoms with Gasteiger partial charge < -0.3 is 10.4 Å². The van der Waals surface area contributed by atoms with Gasteiger partial charge in [0, 0.05) is 11.1 Å². The summed E-state index contributed by atoms with van der Waals surface area (Å²) in [5.74, 6) is -2.85. The van der Waals surface area contributed by atoms with Gasteiger partial charge in [-0.2, -0.15) is 0 Å². The summed E-state index contributed by atoms with van der Waals surface area (Å²) in [6.45, 7) is 0. The van der Waals surface area contributed by atoms with E-state index < -0.39 is 29.7 Å². The molecule has 6 heteroatoms. The van der Waals surface area contributed by atoms with Crippen LogP contribution in [0.5, 0.6) is 0 Å². The second-order valence-electron chi connectivity index (χ2n) is 4.58. The van der Waals surface area contributed by atoms with E-state index in [0.717, 1.165) is 12.5 Å². The standard InChI is InChI=1S/C13H13ClFNO3/c14-7-4-5-8(10(15)6-7)12(17)16-11-3-1-2-9(11)13(18)19/h4-6,9,11H,1-3H2,(H,16,17)(H,18,19). The van der Waals surface area contributed by atoms with Crippen molar-refractivity contribution in [2.24, 2.45) is 5.92 Å². The Morgan fingerprint density at radius 2 is 2.11 bits per heavy atom. The molecule has 2 unspecified atom stereocenters. The lowest BCUT2D eigenvalue weighted by atomic mass is 10.0. The molecule has 102 valence electrons. The van der Waals surface area contributed by atoms with Gasteiger partial charge in [0.05, 0.1) is 11.5 Å². The van der Waals surface area contributed by atoms with Gasteiger partial charge in [-0.15, -0.1) is 0 Å². The highest BCUT2D eigenvalue weighted by atomic mass is 35.5. The van der Waals surface area contributed by atoms with E-state index in [2.05, 4.69) is 5.32 Å². The molecule has 19 heavy (non-hydrogen) atoms. The van der Waals surface area contributed by atoms with E-state index in [1.165, 1.54) is 12.1 Å². The molecule has 0 spiro atoms. The Labute approximate surface area is 114 Å². The lowest BCUT2D eigenvalue weighted by molar-refractivity contribution is -0.142. The third-order valence-corrected chi connectivity index (χ3v) is 3.56. The van der Waals surface area contributed by atoms with E-state index >= 15 is 0 Å². The molecule has 1 amide bonds. The Hall–Kier alpha value is -1.62. The summed E-state index contributed by atoms with van der Waals surface area (Å²) < 4.78 is 13.6. The van der Waals surface area contributed by atoms with Crippen LogP contribution in [0.2, 0.25) is 5.02 Å². The highest BCUT2D eigenvalue weighted by Gasteiger charge is 2.34. The van der Waals surface area contributed by atoms with Crippen LogP contribution >= 0.6 is 11.6 Å². The van der Waals surface area contributed by atoms with Crippen LogP contribution in [0, 0.1) is 11.7 Å². The number of carboxylic acid groups (broad SMARTS) is 1. The fourth-order valence-electron chi connectivity index (χ4n) is 2.35. The number of carbonyl (C=O) groups is 2. The Morgan fingerprint density at radius 1 is 1.37 bits per heavy atom. The Balaban J connectivity index is 2.10. The van der Waals surface area contributed by atoms with E-state index in [1.807, 2.05) is 0 Å². The van der Waals surface area contributed by atoms with Crippen LogP contribution in [0.3, 0.4) is 0 Å². The van der Waals surface area contributed by atoms with Gasteiger partial charge in [0.25, 0.3) is 5.91 Å². The van der Waals surface area contributed by atoms with Crippen LogP contribution in [-0.4, -0.2) is 23.0 Å². The quantitative estimate of drug-likeness (QED) is 0.896. The maximum Gasteiger partial charge on any atom is 0.308 e. The van der Waals surface area contributed by atoms with Crippen LogP contribution < -0.4 is 5.32 Å². The first-order valence-corrected chi connectivity index (χ1v) is 6.35. The number of benzene rings is 1. The van der Waals surface area contributed by atoms with Gasteiger partial charge in [0.2, 0.25) is 0 Å². The first-order chi connectivity index (χ1) is 8.99. The number of amides is 1. The Morgan fingerprint density at radius 3 is 2.74 bits per heavy atom. The molecule has 0 saturated heterocycles. The highest BCUT2D eigenvalue weighted by Crippen LogP contribution is 2.26. The van der Waals surface area contributed by atoms with Crippen LogP contribution in [-0.2, 0) is 4.79 Å². The molecule has 0 heterocycles. The van der Waals surface area contributed by atoms with Crippen molar-refractivity contribution in [3.8, 4) is 0 Å². The third kappa shape index (κ3) is 3.04. The van der Waals surface area contributed by atoms with Crippen molar-refractivity contribution in [1.29, 1.82) is 0 Å². The monoisotopic (exact) mass is 285 g/mol. The predicted octanol–water partition coefficient (Wildman–Crippen LogP) is 2.46. The predicted molar refractivity (Wildman–Crippen MR) is 67.6 cm³/mol. The zero-order valence-electron chi connectivity index (χ0n) is 10.0. The van der Waals surface area contributed by atoms with Gasteiger partial charge in [0.1, 0.15) is 5.82 Å². The zero-order chi connectivity index (χ0) is 14.0. The summed E-state index contributed by atoms with van der Waals surface area (Å²) in [6, 6.07) is 3.32. The molecule has 1 saturated carbocycles. The molecule has 2 N–H and O–H groups in total. The van der Waals surface area contributed by atoms with Gasteiger partial charge in [0.15, 0.2) is 0 Å². The first kappa shape index (κ1) is 13.8. The molecule has 0 aromatic heterocycles. The van der Waals surface area contributed by atoms with E-state index in [-0.39, 0.29) is 10.6 Å². The van der Waals surface area contributed by atoms with E-state index in [0.29, 0.717) is 12.8 Å². The van der Waals surface area contributed by atoms with Gasteiger partial charge in [-0.1, -0.05) is 18.0 Å². The molecular formula is C13H13ClFNO3. The molecule has 0 radical (unpaired) electrons. The summed E-state index contributed by atoms with van der Waals surface area (Å²) in [6.07, 6.45) is 1.87. The van der Waals surface area contributed by atoms with E-state index in [9.17, 15) is 14.0 Å². The summed E-state index contributed by atoms with van der Waals surface area (Å²) >= 11 is 5.61. The summed E-state index contributed by atoms with van der Waals surface area (Å²) in [7, 11) is 0. The number of carboxylic acids is 1. The van der Waals surface area contributed by atoms with Crippen molar-refractivity contribution in [1.82, 2.24) is 5.32 Å². The van der Waals surface area contributed by atoms with Crippen molar-refractivity contribution in [3.05, 3.63) is 34.6 Å². The van der Waals surface area contributed by atoms with Crippen LogP contribution in [0.25, 0.3) is 0 Å². The summed E-state index contributed by atoms with van der Waals surface area (Å²) in [5.41, 5.74) is -0.125. The van der Waals surface area contributed by atoms with Crippen molar-refractivity contribution in [3.63, 3.8) is 0 Å². The minimum atomic E-state index is -0.931. The lowest BCUT2D eigenvalue weighted by Crippen LogP contribution is -2.40. The van der Waals surface area contributed by atoms with Gasteiger partial charge >= 0.3 is 5.97 Å². The smallest absolute Gasteiger partial charge is 0.308 e. The molecular weight excluding hydrogens is 273 g/mol. The molecule has 2 rings (SSSR count). The van der Waals surface area contributed by atoms with Crippen molar-refractivity contribution < 1.29 is 19.1 Å². The first-order valence-electron chi connectivity index (χ1n) is 5.98. The summed E-state index contributed by atoms with van der Waals surface area (Å²) in [4.78, 5) is 22.9. The maximum absolute atomic E-state index is 13.6. The van der Waals surface area contributed by atoms with Gasteiger partial charge in [-0.25, -0.2) is 4.39 Å². The van der Waals surface area contributed by atoms with Crippen molar-refractivity contribution in [2.75, 3.05) is 0 Å². The molecule has 0 bridgehead atoms. The van der Waals surface area contributed by atoms with Gasteiger partial charge in [-0.3, -0.25) is 9.59 Å². The summed E-state index contributed by atoms with van der Waals surface area (Å²) in [5, 5.41) is 11.8. The topological polar surface area (TPSA) is 66.4 Å². The number of halogens is 2. The average molecular weight is 286 g/mol. The number of hydrogen-bond donors (Lipinski definition) is 2. The SMILES string of the molecule is O=C(NC1CCCC1C(=O)O)c1ccc(Cl)cc1F. The van der Waals surface area contributed by atoms with Crippen LogP contribution in [0.15, 0.2) is 18.2 Å². The number of nitrogens with one attached hydrogen (secondary N) is 1. The minimum Gasteiger partial charge on any atom is -0.481 e. The highest BCUT2D eigenvalue weighted by molar-refractivity contribution is 6.30. The molecule has 1 aliphatic carbocycles. The fraction of sp³-hybridized carbons (Fsp3) is 0.385. The van der Waals surface area contributed by atoms with Gasteiger partial charge in [-0.05, 0) is 31.0 Å². The average Bonchev–Trinajstić information content (AvgIpc) is 2.76. The second kappa shape index (κ2) is 5.57. The molecule has 2 atom stereocenters. The minimum absolute atomic E-state index is 0.125. The van der Waals surface area contributed by atoms with Crippen molar-refractivity contribution >= 4 is 23.5 Å². The number of hydrogen-bond acceptors (Lipinski definition) is 2. The number of aliphatic carboxylic acids is 1. The molecule has 4 nitrogen and oxygen atoms in total. The number of carbonyl (C=O) groups excluding carboxylic acids is 1. The molecule has 1 aliphatic rings. The fourth-order valence-corrected chi connectivity index (χ4v) is 2.51. The van der Waals surface area contributed by atoms with Crippen LogP contribution in [0.1, 0.15) is 29.6 Å². The third-order valence-electron chi connectivity index (χ3n) is 3.33. The normalized spacial score (nSPS) is 22.2. The maximum atomic E-state index is 13.6. The Kier molecular flexibility index (Phi) is 4.04. The number of rotatable bonds is 3. The largest absolute Gasteiger partial charge is 0.481 e. The molecule has 1 aromatic rings. The molecule has 1 aromatic carbocycles. The van der Waals surface area contributed by atoms with E-state index in [1.54, 1.807) is 0 Å². The molecule has 0 aliphatic heterocycles. The van der Waals surface area contributed by atoms with Crippen molar-refractivity contribution in [2.45, 2.75) is 25.3 Å². The lowest BCUT2D eigenvalue weighted by Gasteiger charge is -2.17. The Bertz CT molecular complexity index is 521.